The summed E-state index contributed by atoms with van der Waals surface area (Å²) in [5.74, 6) is 0.543. The van der Waals surface area contributed by atoms with Crippen LogP contribution in [0.1, 0.15) is 22.8 Å². The summed E-state index contributed by atoms with van der Waals surface area (Å²) in [5.41, 5.74) is 2.71. The minimum Gasteiger partial charge on any atom is -0.325 e. The van der Waals surface area contributed by atoms with Crippen LogP contribution < -0.4 is 5.32 Å². The fraction of sp³-hybridized carbons (Fsp3) is 0.222. The van der Waals surface area contributed by atoms with Crippen molar-refractivity contribution in [3.63, 3.8) is 0 Å². The summed E-state index contributed by atoms with van der Waals surface area (Å²) in [6.45, 7) is 2.09. The van der Waals surface area contributed by atoms with Gasteiger partial charge in [-0.15, -0.1) is 11.8 Å². The molecule has 0 spiro atoms. The van der Waals surface area contributed by atoms with E-state index in [1.807, 2.05) is 42.5 Å². The summed E-state index contributed by atoms with van der Waals surface area (Å²) in [6.07, 6.45) is 0.978. The molecular formula is C18H19NO2S. The number of hydrogen-bond donors (Lipinski definition) is 1. The molecule has 0 fully saturated rings. The maximum absolute atomic E-state index is 11.9. The van der Waals surface area contributed by atoms with Crippen molar-refractivity contribution in [3.8, 4) is 0 Å². The molecule has 0 saturated heterocycles. The second-order valence-electron chi connectivity index (χ2n) is 4.88. The SMILES string of the molecule is CCc1ccc(NC(=O)CSCC(=O)c2ccccc2)cc1. The minimum atomic E-state index is -0.0879. The number of amides is 1. The Morgan fingerprint density at radius 2 is 1.64 bits per heavy atom. The van der Waals surface area contributed by atoms with Crippen molar-refractivity contribution in [2.45, 2.75) is 13.3 Å². The van der Waals surface area contributed by atoms with E-state index < -0.39 is 0 Å². The molecule has 0 bridgehead atoms. The molecule has 0 atom stereocenters. The van der Waals surface area contributed by atoms with Gasteiger partial charge in [-0.05, 0) is 24.1 Å². The van der Waals surface area contributed by atoms with Gasteiger partial charge in [0.1, 0.15) is 0 Å². The fourth-order valence-corrected chi connectivity index (χ4v) is 2.68. The van der Waals surface area contributed by atoms with E-state index in [4.69, 9.17) is 0 Å². The molecule has 0 aliphatic carbocycles. The van der Waals surface area contributed by atoms with E-state index in [2.05, 4.69) is 12.2 Å². The number of hydrogen-bond acceptors (Lipinski definition) is 3. The molecule has 0 saturated carbocycles. The fourth-order valence-electron chi connectivity index (χ4n) is 1.96. The number of Topliss-reactive ketones (excluding diaryl/α,β-unsaturated/α-hetero) is 1. The summed E-state index contributed by atoms with van der Waals surface area (Å²) in [4.78, 5) is 23.7. The van der Waals surface area contributed by atoms with E-state index in [9.17, 15) is 9.59 Å². The molecule has 2 rings (SSSR count). The lowest BCUT2D eigenvalue weighted by molar-refractivity contribution is -0.113. The summed E-state index contributed by atoms with van der Waals surface area (Å²) in [6, 6.07) is 16.9. The number of rotatable bonds is 7. The largest absolute Gasteiger partial charge is 0.325 e. The number of carbonyl (C=O) groups excluding carboxylic acids is 2. The van der Waals surface area contributed by atoms with Crippen LogP contribution in [0.15, 0.2) is 54.6 Å². The summed E-state index contributed by atoms with van der Waals surface area (Å²) in [7, 11) is 0. The van der Waals surface area contributed by atoms with Gasteiger partial charge in [0.25, 0.3) is 0 Å². The first-order valence-corrected chi connectivity index (χ1v) is 8.39. The van der Waals surface area contributed by atoms with Gasteiger partial charge < -0.3 is 5.32 Å². The van der Waals surface area contributed by atoms with Crippen LogP contribution in [0, 0.1) is 0 Å². The van der Waals surface area contributed by atoms with Gasteiger partial charge in [-0.25, -0.2) is 0 Å². The summed E-state index contributed by atoms with van der Waals surface area (Å²) >= 11 is 1.33. The standard InChI is InChI=1S/C18H19NO2S/c1-2-14-8-10-16(11-9-14)19-18(21)13-22-12-17(20)15-6-4-3-5-7-15/h3-11H,2,12-13H2,1H3,(H,19,21). The molecule has 2 aromatic rings. The van der Waals surface area contributed by atoms with E-state index >= 15 is 0 Å². The van der Waals surface area contributed by atoms with Crippen LogP contribution in [0.3, 0.4) is 0 Å². The van der Waals surface area contributed by atoms with E-state index in [-0.39, 0.29) is 17.4 Å². The van der Waals surface area contributed by atoms with Crippen molar-refractivity contribution in [3.05, 3.63) is 65.7 Å². The zero-order valence-electron chi connectivity index (χ0n) is 12.5. The third-order valence-corrected chi connectivity index (χ3v) is 4.14. The van der Waals surface area contributed by atoms with Gasteiger partial charge in [-0.3, -0.25) is 9.59 Å². The summed E-state index contributed by atoms with van der Waals surface area (Å²) in [5, 5.41) is 2.84. The smallest absolute Gasteiger partial charge is 0.234 e. The lowest BCUT2D eigenvalue weighted by atomic mass is 10.1. The zero-order chi connectivity index (χ0) is 15.8. The normalized spacial score (nSPS) is 10.2. The van der Waals surface area contributed by atoms with Crippen molar-refractivity contribution >= 4 is 29.1 Å². The molecule has 0 aromatic heterocycles. The lowest BCUT2D eigenvalue weighted by Crippen LogP contribution is -2.15. The second-order valence-corrected chi connectivity index (χ2v) is 5.87. The number of thioether (sulfide) groups is 1. The zero-order valence-corrected chi connectivity index (χ0v) is 13.4. The molecule has 0 aliphatic heterocycles. The van der Waals surface area contributed by atoms with Crippen LogP contribution >= 0.6 is 11.8 Å². The van der Waals surface area contributed by atoms with Gasteiger partial charge in [0, 0.05) is 11.3 Å². The Hall–Kier alpha value is -2.07. The Bertz CT molecular complexity index is 623. The Morgan fingerprint density at radius 3 is 2.27 bits per heavy atom. The quantitative estimate of drug-likeness (QED) is 0.791. The molecule has 2 aromatic carbocycles. The molecule has 4 heteroatoms. The van der Waals surface area contributed by atoms with Crippen LogP contribution in [0.4, 0.5) is 5.69 Å². The Labute approximate surface area is 135 Å². The van der Waals surface area contributed by atoms with Crippen LogP contribution in [0.25, 0.3) is 0 Å². The lowest BCUT2D eigenvalue weighted by Gasteiger charge is -2.06. The molecule has 0 aliphatic rings. The highest BCUT2D eigenvalue weighted by Gasteiger charge is 2.08. The van der Waals surface area contributed by atoms with Gasteiger partial charge >= 0.3 is 0 Å². The number of anilines is 1. The average Bonchev–Trinajstić information content (AvgIpc) is 2.56. The van der Waals surface area contributed by atoms with Gasteiger partial charge in [0.05, 0.1) is 11.5 Å². The number of benzene rings is 2. The van der Waals surface area contributed by atoms with E-state index in [0.717, 1.165) is 12.1 Å². The predicted molar refractivity (Wildman–Crippen MR) is 92.5 cm³/mol. The summed E-state index contributed by atoms with van der Waals surface area (Å²) < 4.78 is 0. The number of aryl methyl sites for hydroxylation is 1. The molecule has 22 heavy (non-hydrogen) atoms. The van der Waals surface area contributed by atoms with Crippen LogP contribution in [-0.4, -0.2) is 23.2 Å². The second kappa shape index (κ2) is 8.39. The third kappa shape index (κ3) is 5.04. The Balaban J connectivity index is 1.74. The number of carbonyl (C=O) groups is 2. The molecule has 0 unspecified atom stereocenters. The maximum Gasteiger partial charge on any atom is 0.234 e. The monoisotopic (exact) mass is 313 g/mol. The van der Waals surface area contributed by atoms with Crippen molar-refractivity contribution in [2.24, 2.45) is 0 Å². The minimum absolute atomic E-state index is 0.0469. The first-order chi connectivity index (χ1) is 10.7. The topological polar surface area (TPSA) is 46.2 Å². The van der Waals surface area contributed by atoms with E-state index in [0.29, 0.717) is 11.3 Å². The first kappa shape index (κ1) is 16.3. The number of nitrogens with one attached hydrogen (secondary N) is 1. The molecule has 1 N–H and O–H groups in total. The highest BCUT2D eigenvalue weighted by Crippen LogP contribution is 2.12. The molecule has 0 radical (unpaired) electrons. The van der Waals surface area contributed by atoms with Crippen molar-refractivity contribution in [1.82, 2.24) is 0 Å². The molecule has 0 heterocycles. The van der Waals surface area contributed by atoms with Gasteiger partial charge in [0.15, 0.2) is 5.78 Å². The molecule has 1 amide bonds. The van der Waals surface area contributed by atoms with Crippen LogP contribution in [0.2, 0.25) is 0 Å². The van der Waals surface area contributed by atoms with Crippen molar-refractivity contribution in [1.29, 1.82) is 0 Å². The van der Waals surface area contributed by atoms with Gasteiger partial charge in [-0.1, -0.05) is 49.4 Å². The first-order valence-electron chi connectivity index (χ1n) is 7.24. The van der Waals surface area contributed by atoms with Gasteiger partial charge in [0.2, 0.25) is 5.91 Å². The van der Waals surface area contributed by atoms with E-state index in [1.54, 1.807) is 12.1 Å². The highest BCUT2D eigenvalue weighted by atomic mass is 32.2. The Morgan fingerprint density at radius 1 is 0.955 bits per heavy atom. The average molecular weight is 313 g/mol. The van der Waals surface area contributed by atoms with Crippen LogP contribution in [-0.2, 0) is 11.2 Å². The molecular weight excluding hydrogens is 294 g/mol. The maximum atomic E-state index is 11.9. The van der Waals surface area contributed by atoms with E-state index in [1.165, 1.54) is 17.3 Å². The third-order valence-electron chi connectivity index (χ3n) is 3.21. The molecule has 3 nitrogen and oxygen atoms in total. The highest BCUT2D eigenvalue weighted by molar-refractivity contribution is 8.00. The Kier molecular flexibility index (Phi) is 6.22. The van der Waals surface area contributed by atoms with Crippen molar-refractivity contribution in [2.75, 3.05) is 16.8 Å². The molecule has 114 valence electrons. The number of ketones is 1. The van der Waals surface area contributed by atoms with Gasteiger partial charge in [-0.2, -0.15) is 0 Å². The predicted octanol–water partition coefficient (Wildman–Crippen LogP) is 3.80. The van der Waals surface area contributed by atoms with Crippen LogP contribution in [0.5, 0.6) is 0 Å². The van der Waals surface area contributed by atoms with Crippen molar-refractivity contribution < 1.29 is 9.59 Å².